The molecule has 3 aromatic heterocycles. The molecule has 0 saturated heterocycles. The van der Waals surface area contributed by atoms with Gasteiger partial charge in [-0.05, 0) is 105 Å². The Balaban J connectivity index is 1.01. The van der Waals surface area contributed by atoms with E-state index in [-0.39, 0.29) is 21.7 Å². The summed E-state index contributed by atoms with van der Waals surface area (Å²) in [6.07, 6.45) is 9.74. The molecule has 0 spiro atoms. The van der Waals surface area contributed by atoms with E-state index < -0.39 is 0 Å². The quantitative estimate of drug-likeness (QED) is 0.0958. The zero-order valence-corrected chi connectivity index (χ0v) is 40.7. The van der Waals surface area contributed by atoms with Gasteiger partial charge in [-0.1, -0.05) is 178 Å². The Morgan fingerprint density at radius 1 is 0.456 bits per heavy atom. The second-order valence-corrected chi connectivity index (χ2v) is 20.9. The van der Waals surface area contributed by atoms with Crippen molar-refractivity contribution in [1.29, 1.82) is 0 Å². The summed E-state index contributed by atoms with van der Waals surface area (Å²) in [6.45, 7) is 20.6. The fourth-order valence-electron chi connectivity index (χ4n) is 9.68. The minimum atomic E-state index is -0.236. The molecule has 0 saturated carbocycles. The number of ether oxygens (including phenoxy) is 1. The van der Waals surface area contributed by atoms with Gasteiger partial charge in [0.1, 0.15) is 17.3 Å². The van der Waals surface area contributed by atoms with Crippen molar-refractivity contribution in [2.24, 2.45) is 0 Å². The summed E-state index contributed by atoms with van der Waals surface area (Å²) in [5.41, 5.74) is 12.2. The van der Waals surface area contributed by atoms with Crippen molar-refractivity contribution in [1.82, 2.24) is 14.1 Å². The molecule has 5 heteroatoms. The molecule has 0 N–H and O–H groups in total. The van der Waals surface area contributed by atoms with Gasteiger partial charge < -0.3 is 4.74 Å². The van der Waals surface area contributed by atoms with Crippen LogP contribution < -0.4 is 9.30 Å². The molecular formula is C63H60N4O. The van der Waals surface area contributed by atoms with Crippen LogP contribution in [-0.2, 0) is 21.7 Å². The summed E-state index contributed by atoms with van der Waals surface area (Å²) in [5, 5.41) is 2.33. The van der Waals surface area contributed by atoms with E-state index in [0.717, 1.165) is 45.1 Å². The Kier molecular flexibility index (Phi) is 11.1. The third-order valence-electron chi connectivity index (χ3n) is 14.3. The summed E-state index contributed by atoms with van der Waals surface area (Å²) in [5.74, 6) is 2.35. The summed E-state index contributed by atoms with van der Waals surface area (Å²) in [7, 11) is 0. The molecule has 7 aromatic carbocycles. The molecule has 0 aliphatic rings. The van der Waals surface area contributed by atoms with E-state index >= 15 is 0 Å². The predicted octanol–water partition coefficient (Wildman–Crippen LogP) is 15.1. The lowest BCUT2D eigenvalue weighted by Gasteiger charge is -2.32. The molecular weight excluding hydrogens is 829 g/mol. The molecule has 0 aliphatic carbocycles. The first-order valence-corrected chi connectivity index (χ1v) is 23.8. The van der Waals surface area contributed by atoms with E-state index in [0.29, 0.717) is 0 Å². The van der Waals surface area contributed by atoms with E-state index in [2.05, 4.69) is 260 Å². The normalized spacial score (nSPS) is 12.5. The summed E-state index contributed by atoms with van der Waals surface area (Å²) in [6, 6.07) is 65.2. The maximum Gasteiger partial charge on any atom is 0.268 e. The Morgan fingerprint density at radius 2 is 1.00 bits per heavy atom. The first kappa shape index (κ1) is 44.3. The number of pyridine rings is 1. The topological polar surface area (TPSA) is 35.9 Å². The Morgan fingerprint density at radius 3 is 1.59 bits per heavy atom. The standard InChI is InChI=1S/C63H60N4O/c1-60(2,3)47-28-30-55-56-31-29-54(42-58(56)67(57(55)39-47)59-40-48(32-33-64-59)61(4,5)44-20-13-10-14-21-44)68-53-27-19-26-51(41-53)65-34-35-66(43-65)52-37-49(62(6,7)45-22-15-11-16-23-45)36-50(38-52)63(8,9)46-24-17-12-18-25-46/h10-42H,1-9H3. The van der Waals surface area contributed by atoms with Gasteiger partial charge in [-0.2, -0.15) is 0 Å². The second kappa shape index (κ2) is 17.0. The second-order valence-electron chi connectivity index (χ2n) is 20.9. The molecule has 0 bridgehead atoms. The number of fused-ring (bicyclic) bond motifs is 3. The summed E-state index contributed by atoms with van der Waals surface area (Å²) >= 11 is 0. The number of benzene rings is 7. The van der Waals surface area contributed by atoms with Gasteiger partial charge >= 0.3 is 0 Å². The maximum atomic E-state index is 6.76. The van der Waals surface area contributed by atoms with E-state index in [1.807, 2.05) is 22.9 Å². The first-order chi connectivity index (χ1) is 32.6. The highest BCUT2D eigenvalue weighted by atomic mass is 16.5. The number of nitrogens with zero attached hydrogens (tertiary/aromatic N) is 4. The average Bonchev–Trinajstić information content (AvgIpc) is 3.98. The number of imidazole rings is 1. The zero-order valence-electron chi connectivity index (χ0n) is 40.7. The van der Waals surface area contributed by atoms with Crippen molar-refractivity contribution in [3.05, 3.63) is 246 Å². The van der Waals surface area contributed by atoms with Crippen molar-refractivity contribution in [2.75, 3.05) is 0 Å². The van der Waals surface area contributed by atoms with Gasteiger partial charge in [-0.15, -0.1) is 0 Å². The molecule has 0 amide bonds. The number of hydrogen-bond donors (Lipinski definition) is 0. The Bertz CT molecular complexity index is 3350. The van der Waals surface area contributed by atoms with Crippen LogP contribution in [0.15, 0.2) is 201 Å². The monoisotopic (exact) mass is 888 g/mol. The molecule has 3 heterocycles. The third kappa shape index (κ3) is 8.21. The van der Waals surface area contributed by atoms with Crippen molar-refractivity contribution < 1.29 is 9.30 Å². The van der Waals surface area contributed by atoms with Gasteiger partial charge in [0, 0.05) is 51.7 Å². The van der Waals surface area contributed by atoms with E-state index in [4.69, 9.17) is 9.72 Å². The Labute approximate surface area is 402 Å². The highest BCUT2D eigenvalue weighted by Crippen LogP contribution is 2.41. The largest absolute Gasteiger partial charge is 0.458 e. The minimum absolute atomic E-state index is 0.0265. The molecule has 68 heavy (non-hydrogen) atoms. The van der Waals surface area contributed by atoms with E-state index in [1.54, 1.807) is 0 Å². The first-order valence-electron chi connectivity index (χ1n) is 23.8. The van der Waals surface area contributed by atoms with Crippen LogP contribution in [-0.4, -0.2) is 14.1 Å². The number of aromatic nitrogens is 4. The number of hydrogen-bond acceptors (Lipinski definition) is 2. The fourth-order valence-corrected chi connectivity index (χ4v) is 9.68. The van der Waals surface area contributed by atoms with Crippen LogP contribution in [0.5, 0.6) is 11.5 Å². The van der Waals surface area contributed by atoms with Gasteiger partial charge in [-0.25, -0.2) is 4.98 Å². The molecule has 10 rings (SSSR count). The lowest BCUT2D eigenvalue weighted by molar-refractivity contribution is -0.599. The fraction of sp³-hybridized carbons (Fsp3) is 0.206. The Hall–Kier alpha value is -7.50. The third-order valence-corrected chi connectivity index (χ3v) is 14.3. The highest BCUT2D eigenvalue weighted by Gasteiger charge is 2.30. The van der Waals surface area contributed by atoms with Crippen molar-refractivity contribution in [2.45, 2.75) is 84.0 Å². The van der Waals surface area contributed by atoms with Crippen molar-refractivity contribution in [3.63, 3.8) is 0 Å². The van der Waals surface area contributed by atoms with Gasteiger partial charge in [-0.3, -0.25) is 13.7 Å². The van der Waals surface area contributed by atoms with Crippen LogP contribution in [0.25, 0.3) is 39.0 Å². The maximum absolute atomic E-state index is 6.76. The molecule has 0 atom stereocenters. The molecule has 0 aliphatic heterocycles. The van der Waals surface area contributed by atoms with Crippen LogP contribution in [0.2, 0.25) is 0 Å². The smallest absolute Gasteiger partial charge is 0.268 e. The molecule has 10 aromatic rings. The predicted molar refractivity (Wildman–Crippen MR) is 279 cm³/mol. The van der Waals surface area contributed by atoms with Crippen LogP contribution in [0.4, 0.5) is 0 Å². The molecule has 0 radical (unpaired) electrons. The van der Waals surface area contributed by atoms with Gasteiger partial charge in [0.2, 0.25) is 0 Å². The highest BCUT2D eigenvalue weighted by molar-refractivity contribution is 6.09. The SMILES string of the molecule is CC(C)(C)c1ccc2c3ccc(Oc4cccc(-n5[c-][n+](-c6cc(C(C)(C)c7ccccc7)cc(C(C)(C)c7ccccc7)c6)cc5)c4)cc3n(-c3cc(C(C)(C)c4ccccc4)ccn3)c2c1. The number of rotatable bonds is 11. The molecule has 338 valence electrons. The summed E-state index contributed by atoms with van der Waals surface area (Å²) in [4.78, 5) is 5.04. The average molecular weight is 889 g/mol. The molecule has 0 fully saturated rings. The minimum Gasteiger partial charge on any atom is -0.458 e. The zero-order chi connectivity index (χ0) is 47.4. The van der Waals surface area contributed by atoms with Crippen LogP contribution in [0, 0.1) is 6.33 Å². The van der Waals surface area contributed by atoms with Crippen molar-refractivity contribution >= 4 is 21.8 Å². The van der Waals surface area contributed by atoms with Gasteiger partial charge in [0.25, 0.3) is 6.33 Å². The van der Waals surface area contributed by atoms with Gasteiger partial charge in [0.05, 0.1) is 22.4 Å². The molecule has 0 unspecified atom stereocenters. The molecule has 5 nitrogen and oxygen atoms in total. The van der Waals surface area contributed by atoms with Crippen LogP contribution >= 0.6 is 0 Å². The van der Waals surface area contributed by atoms with E-state index in [1.165, 1.54) is 44.3 Å². The van der Waals surface area contributed by atoms with Gasteiger partial charge in [0.15, 0.2) is 0 Å². The van der Waals surface area contributed by atoms with E-state index in [9.17, 15) is 0 Å². The van der Waals surface area contributed by atoms with Crippen LogP contribution in [0.3, 0.4) is 0 Å². The van der Waals surface area contributed by atoms with Crippen molar-refractivity contribution in [3.8, 4) is 28.7 Å². The summed E-state index contributed by atoms with van der Waals surface area (Å²) < 4.78 is 13.2. The lowest BCUT2D eigenvalue weighted by atomic mass is 9.73. The van der Waals surface area contributed by atoms with Crippen LogP contribution in [0.1, 0.15) is 101 Å². The lowest BCUT2D eigenvalue weighted by Crippen LogP contribution is -2.31.